The van der Waals surface area contributed by atoms with Crippen LogP contribution in [0.25, 0.3) is 32.9 Å². The zero-order chi connectivity index (χ0) is 23.8. The number of aromatic nitrogens is 2. The first-order chi connectivity index (χ1) is 16.5. The van der Waals surface area contributed by atoms with E-state index in [4.69, 9.17) is 14.0 Å². The number of carbonyl (C=O) groups excluding carboxylic acids is 1. The maximum Gasteiger partial charge on any atom is 0.338 e. The Balaban J connectivity index is 1.82. The summed E-state index contributed by atoms with van der Waals surface area (Å²) in [6.45, 7) is 4.54. The molecule has 0 saturated heterocycles. The predicted octanol–water partition coefficient (Wildman–Crippen LogP) is 6.10. The summed E-state index contributed by atoms with van der Waals surface area (Å²) in [4.78, 5) is 13.0. The van der Waals surface area contributed by atoms with Crippen molar-refractivity contribution in [1.82, 2.24) is 9.72 Å². The first-order valence-corrected chi connectivity index (χ1v) is 11.2. The lowest BCUT2D eigenvalue weighted by atomic mass is 9.97. The van der Waals surface area contributed by atoms with Crippen LogP contribution in [0.1, 0.15) is 27.4 Å². The van der Waals surface area contributed by atoms with Gasteiger partial charge in [0.1, 0.15) is 11.5 Å². The highest BCUT2D eigenvalue weighted by molar-refractivity contribution is 6.18. The van der Waals surface area contributed by atoms with Gasteiger partial charge in [0.25, 0.3) is 0 Å². The molecule has 172 valence electrons. The van der Waals surface area contributed by atoms with Gasteiger partial charge in [0, 0.05) is 28.4 Å². The van der Waals surface area contributed by atoms with Crippen LogP contribution < -0.4 is 4.74 Å². The fourth-order valence-electron chi connectivity index (χ4n) is 4.77. The molecule has 2 heterocycles. The van der Waals surface area contributed by atoms with Crippen molar-refractivity contribution < 1.29 is 18.8 Å². The molecule has 5 rings (SSSR count). The molecule has 2 aromatic heterocycles. The molecular weight excluding hydrogens is 428 g/mol. The van der Waals surface area contributed by atoms with Crippen LogP contribution in [0.15, 0.2) is 65.2 Å². The summed E-state index contributed by atoms with van der Waals surface area (Å²) in [6.07, 6.45) is 0.856. The third kappa shape index (κ3) is 3.61. The number of benzene rings is 3. The molecule has 0 unspecified atom stereocenters. The molecule has 34 heavy (non-hydrogen) atoms. The van der Waals surface area contributed by atoms with Crippen molar-refractivity contribution in [2.24, 2.45) is 0 Å². The molecule has 0 aliphatic carbocycles. The molecule has 0 saturated carbocycles. The SMILES string of the molecule is COC(=O)c1cc(-c2c(C)noc2C)cc2c1c1cc(OC)ccc1n2CCc1ccccc1. The second kappa shape index (κ2) is 8.71. The van der Waals surface area contributed by atoms with Crippen molar-refractivity contribution in [3.8, 4) is 16.9 Å². The zero-order valence-corrected chi connectivity index (χ0v) is 19.7. The summed E-state index contributed by atoms with van der Waals surface area (Å²) in [7, 11) is 3.05. The van der Waals surface area contributed by atoms with E-state index in [2.05, 4.69) is 46.1 Å². The third-order valence-electron chi connectivity index (χ3n) is 6.37. The fraction of sp³-hybridized carbons (Fsp3) is 0.214. The molecule has 0 spiro atoms. The minimum Gasteiger partial charge on any atom is -0.497 e. The first-order valence-electron chi connectivity index (χ1n) is 11.2. The number of hydrogen-bond acceptors (Lipinski definition) is 5. The Morgan fingerprint density at radius 2 is 1.79 bits per heavy atom. The standard InChI is InChI=1S/C28H26N2O4/c1-17-26(18(2)34-29-17)20-14-23(28(31)33-4)27-22-16-21(32-3)10-11-24(22)30(25(27)15-20)13-12-19-8-6-5-7-9-19/h5-11,14-16H,12-13H2,1-4H3. The maximum absolute atomic E-state index is 13.0. The number of nitrogens with zero attached hydrogens (tertiary/aromatic N) is 2. The predicted molar refractivity (Wildman–Crippen MR) is 132 cm³/mol. The second-order valence-electron chi connectivity index (χ2n) is 8.38. The van der Waals surface area contributed by atoms with Gasteiger partial charge >= 0.3 is 5.97 Å². The van der Waals surface area contributed by atoms with E-state index in [1.165, 1.54) is 12.7 Å². The molecule has 6 nitrogen and oxygen atoms in total. The lowest BCUT2D eigenvalue weighted by molar-refractivity contribution is 0.0603. The quantitative estimate of drug-likeness (QED) is 0.290. The highest BCUT2D eigenvalue weighted by Crippen LogP contribution is 2.39. The molecule has 5 aromatic rings. The van der Waals surface area contributed by atoms with E-state index in [-0.39, 0.29) is 5.97 Å². The molecular formula is C28H26N2O4. The van der Waals surface area contributed by atoms with Gasteiger partial charge in [-0.1, -0.05) is 35.5 Å². The fourth-order valence-corrected chi connectivity index (χ4v) is 4.77. The topological polar surface area (TPSA) is 66.5 Å². The lowest BCUT2D eigenvalue weighted by Crippen LogP contribution is -2.04. The van der Waals surface area contributed by atoms with Crippen molar-refractivity contribution in [3.63, 3.8) is 0 Å². The molecule has 0 radical (unpaired) electrons. The number of fused-ring (bicyclic) bond motifs is 3. The minimum atomic E-state index is -0.386. The van der Waals surface area contributed by atoms with Crippen molar-refractivity contribution in [2.45, 2.75) is 26.8 Å². The van der Waals surface area contributed by atoms with Gasteiger partial charge < -0.3 is 18.6 Å². The normalized spacial score (nSPS) is 11.3. The summed E-state index contributed by atoms with van der Waals surface area (Å²) in [5.41, 5.74) is 6.29. The molecule has 0 fully saturated rings. The number of esters is 1. The van der Waals surface area contributed by atoms with Crippen LogP contribution in [-0.2, 0) is 17.7 Å². The van der Waals surface area contributed by atoms with E-state index in [9.17, 15) is 4.79 Å². The third-order valence-corrected chi connectivity index (χ3v) is 6.37. The van der Waals surface area contributed by atoms with Crippen molar-refractivity contribution in [3.05, 3.63) is 83.2 Å². The summed E-state index contributed by atoms with van der Waals surface area (Å²) < 4.78 is 18.4. The summed E-state index contributed by atoms with van der Waals surface area (Å²) in [6, 6.07) is 20.4. The van der Waals surface area contributed by atoms with E-state index in [0.29, 0.717) is 11.3 Å². The van der Waals surface area contributed by atoms with Gasteiger partial charge in [0.05, 0.1) is 31.0 Å². The number of ether oxygens (including phenoxy) is 2. The monoisotopic (exact) mass is 454 g/mol. The highest BCUT2D eigenvalue weighted by Gasteiger charge is 2.23. The van der Waals surface area contributed by atoms with Gasteiger partial charge in [0.2, 0.25) is 0 Å². The Bertz CT molecular complexity index is 1490. The first kappa shape index (κ1) is 21.8. The van der Waals surface area contributed by atoms with E-state index in [1.807, 2.05) is 38.1 Å². The molecule has 3 aromatic carbocycles. The number of hydrogen-bond donors (Lipinski definition) is 0. The second-order valence-corrected chi connectivity index (χ2v) is 8.38. The van der Waals surface area contributed by atoms with Gasteiger partial charge in [-0.15, -0.1) is 0 Å². The number of carbonyl (C=O) groups is 1. The zero-order valence-electron chi connectivity index (χ0n) is 19.7. The average molecular weight is 455 g/mol. The van der Waals surface area contributed by atoms with Gasteiger partial charge in [-0.25, -0.2) is 4.79 Å². The number of rotatable bonds is 6. The van der Waals surface area contributed by atoms with Gasteiger partial charge in [-0.05, 0) is 61.7 Å². The lowest BCUT2D eigenvalue weighted by Gasteiger charge is -2.11. The van der Waals surface area contributed by atoms with Crippen LogP contribution in [0.2, 0.25) is 0 Å². The van der Waals surface area contributed by atoms with Crippen LogP contribution in [0.4, 0.5) is 0 Å². The molecule has 0 bridgehead atoms. The highest BCUT2D eigenvalue weighted by atomic mass is 16.5. The number of aryl methyl sites for hydroxylation is 4. The van der Waals surface area contributed by atoms with Crippen molar-refractivity contribution >= 4 is 27.8 Å². The van der Waals surface area contributed by atoms with Crippen LogP contribution in [0.3, 0.4) is 0 Å². The van der Waals surface area contributed by atoms with Crippen molar-refractivity contribution in [2.75, 3.05) is 14.2 Å². The van der Waals surface area contributed by atoms with E-state index in [0.717, 1.165) is 57.3 Å². The van der Waals surface area contributed by atoms with E-state index in [1.54, 1.807) is 7.11 Å². The van der Waals surface area contributed by atoms with Crippen LogP contribution >= 0.6 is 0 Å². The summed E-state index contributed by atoms with van der Waals surface area (Å²) in [5, 5.41) is 5.92. The largest absolute Gasteiger partial charge is 0.497 e. The molecule has 0 amide bonds. The molecule has 0 atom stereocenters. The smallest absolute Gasteiger partial charge is 0.338 e. The molecule has 0 aliphatic rings. The summed E-state index contributed by atoms with van der Waals surface area (Å²) in [5.74, 6) is 1.06. The number of methoxy groups -OCH3 is 2. The van der Waals surface area contributed by atoms with Crippen LogP contribution in [-0.4, -0.2) is 29.9 Å². The molecule has 0 aliphatic heterocycles. The van der Waals surface area contributed by atoms with E-state index >= 15 is 0 Å². The Labute approximate surface area is 197 Å². The maximum atomic E-state index is 13.0. The average Bonchev–Trinajstić information content (AvgIpc) is 3.37. The van der Waals surface area contributed by atoms with Gasteiger partial charge in [0.15, 0.2) is 0 Å². The van der Waals surface area contributed by atoms with Crippen LogP contribution in [0.5, 0.6) is 5.75 Å². The Morgan fingerprint density at radius 3 is 2.47 bits per heavy atom. The van der Waals surface area contributed by atoms with Gasteiger partial charge in [-0.3, -0.25) is 0 Å². The van der Waals surface area contributed by atoms with Gasteiger partial charge in [-0.2, -0.15) is 0 Å². The molecule has 6 heteroatoms. The molecule has 0 N–H and O–H groups in total. The Kier molecular flexibility index (Phi) is 5.57. The van der Waals surface area contributed by atoms with Crippen molar-refractivity contribution in [1.29, 1.82) is 0 Å². The Morgan fingerprint density at radius 1 is 1.00 bits per heavy atom. The summed E-state index contributed by atoms with van der Waals surface area (Å²) >= 11 is 0. The van der Waals surface area contributed by atoms with E-state index < -0.39 is 0 Å². The minimum absolute atomic E-state index is 0.386. The Hall–Kier alpha value is -4.06. The van der Waals surface area contributed by atoms with Crippen LogP contribution in [0, 0.1) is 13.8 Å².